The molecule has 0 bridgehead atoms. The Hall–Kier alpha value is -3.55. The first-order valence-electron chi connectivity index (χ1n) is 15.5. The molecule has 4 aliphatic rings. The second-order valence-electron chi connectivity index (χ2n) is 12.9. The highest BCUT2D eigenvalue weighted by Gasteiger charge is 2.64. The number of fused-ring (bicyclic) bond motifs is 2. The number of nitrogens with one attached hydrogen (secondary N) is 1. The van der Waals surface area contributed by atoms with Gasteiger partial charge < -0.3 is 24.9 Å². The highest BCUT2D eigenvalue weighted by Crippen LogP contribution is 2.58. The summed E-state index contributed by atoms with van der Waals surface area (Å²) in [7, 11) is -4.23. The van der Waals surface area contributed by atoms with Crippen LogP contribution in [0.15, 0.2) is 54.6 Å². The van der Waals surface area contributed by atoms with Crippen LogP contribution in [0.3, 0.4) is 0 Å². The van der Waals surface area contributed by atoms with Gasteiger partial charge in [-0.2, -0.15) is 5.26 Å². The molecule has 2 aromatic carbocycles. The predicted molar refractivity (Wildman–Crippen MR) is 168 cm³/mol. The number of hydrogen-bond donors (Lipinski definition) is 3. The first-order chi connectivity index (χ1) is 21.6. The van der Waals surface area contributed by atoms with E-state index >= 15 is 0 Å². The van der Waals surface area contributed by atoms with Gasteiger partial charge in [0, 0.05) is 23.2 Å². The zero-order chi connectivity index (χ0) is 31.5. The van der Waals surface area contributed by atoms with Crippen LogP contribution in [0.2, 0.25) is 0 Å². The van der Waals surface area contributed by atoms with Gasteiger partial charge in [-0.1, -0.05) is 36.4 Å². The van der Waals surface area contributed by atoms with Crippen molar-refractivity contribution in [2.75, 3.05) is 6.54 Å². The van der Waals surface area contributed by atoms with Gasteiger partial charge >= 0.3 is 7.60 Å². The van der Waals surface area contributed by atoms with E-state index in [4.69, 9.17) is 0 Å². The highest BCUT2D eigenvalue weighted by molar-refractivity contribution is 7.50. The van der Waals surface area contributed by atoms with Crippen LogP contribution in [0.4, 0.5) is 0 Å². The number of amides is 3. The van der Waals surface area contributed by atoms with Gasteiger partial charge in [-0.15, -0.1) is 11.3 Å². The minimum absolute atomic E-state index is 0.0560. The van der Waals surface area contributed by atoms with Gasteiger partial charge in [0.2, 0.25) is 11.8 Å². The normalized spacial score (nSPS) is 27.3. The predicted octanol–water partition coefficient (Wildman–Crippen LogP) is 4.52. The molecule has 3 N–H and O–H groups in total. The molecule has 234 valence electrons. The molecule has 4 heterocycles. The summed E-state index contributed by atoms with van der Waals surface area (Å²) < 4.78 is 12.2. The summed E-state index contributed by atoms with van der Waals surface area (Å²) in [5, 5.41) is 13.8. The summed E-state index contributed by atoms with van der Waals surface area (Å²) in [5.41, 5.74) is 1.07. The number of nitriles is 1. The molecule has 1 aromatic heterocycles. The molecule has 3 saturated heterocycles. The van der Waals surface area contributed by atoms with E-state index in [-0.39, 0.29) is 41.8 Å². The van der Waals surface area contributed by atoms with Crippen molar-refractivity contribution in [2.24, 2.45) is 5.92 Å². The van der Waals surface area contributed by atoms with Crippen LogP contribution in [-0.2, 0) is 20.3 Å². The van der Waals surface area contributed by atoms with Crippen LogP contribution >= 0.6 is 18.9 Å². The molecule has 0 radical (unpaired) electrons. The van der Waals surface area contributed by atoms with E-state index in [1.165, 1.54) is 11.3 Å². The van der Waals surface area contributed by atoms with Crippen molar-refractivity contribution >= 4 is 46.7 Å². The van der Waals surface area contributed by atoms with Gasteiger partial charge in [0.25, 0.3) is 5.91 Å². The minimum Gasteiger partial charge on any atom is -0.340 e. The smallest absolute Gasteiger partial charge is 0.329 e. The van der Waals surface area contributed by atoms with E-state index in [0.29, 0.717) is 35.2 Å². The van der Waals surface area contributed by atoms with Crippen LogP contribution in [0.1, 0.15) is 71.7 Å². The van der Waals surface area contributed by atoms with Crippen molar-refractivity contribution in [3.05, 3.63) is 70.6 Å². The van der Waals surface area contributed by atoms with E-state index in [2.05, 4.69) is 11.4 Å². The largest absolute Gasteiger partial charge is 0.340 e. The summed E-state index contributed by atoms with van der Waals surface area (Å²) in [6.45, 7) is 0.465. The molecule has 7 rings (SSSR count). The third-order valence-electron chi connectivity index (χ3n) is 10.2. The lowest BCUT2D eigenvalue weighted by atomic mass is 9.85. The first kappa shape index (κ1) is 30.1. The molecule has 4 fully saturated rings. The molecule has 1 saturated carbocycles. The molecule has 3 amide bonds. The second-order valence-corrected chi connectivity index (χ2v) is 15.7. The fraction of sp³-hybridized carbons (Fsp3) is 0.455. The Labute approximate surface area is 265 Å². The zero-order valence-corrected chi connectivity index (χ0v) is 26.4. The molecule has 10 nitrogen and oxygen atoms in total. The number of rotatable bonds is 6. The zero-order valence-electron chi connectivity index (χ0n) is 24.7. The lowest BCUT2D eigenvalue weighted by Crippen LogP contribution is -2.56. The van der Waals surface area contributed by atoms with Crippen molar-refractivity contribution in [3.63, 3.8) is 0 Å². The second kappa shape index (κ2) is 11.4. The Bertz CT molecular complexity index is 1760. The number of nitrogens with zero attached hydrogens (tertiary/aromatic N) is 3. The first-order valence-corrected chi connectivity index (χ1v) is 18.2. The fourth-order valence-electron chi connectivity index (χ4n) is 7.94. The molecule has 45 heavy (non-hydrogen) atoms. The maximum Gasteiger partial charge on any atom is 0.329 e. The topological polar surface area (TPSA) is 151 Å². The number of hydrogen-bond acceptors (Lipinski definition) is 6. The average molecular weight is 647 g/mol. The molecule has 12 heteroatoms. The maximum absolute atomic E-state index is 14.3. The van der Waals surface area contributed by atoms with Gasteiger partial charge in [0.1, 0.15) is 12.1 Å². The SMILES string of the molecule is N#C[C@H]1[C@H](c2ccccc2)CN(C(=O)[C@@H]2CC[C@@H]3CCC[C@H](NC(=O)c4cc5cc(CP(=O)(O)O)ccc5s4)C(=O)N32)C12CC2. The van der Waals surface area contributed by atoms with Gasteiger partial charge in [-0.3, -0.25) is 18.9 Å². The van der Waals surface area contributed by atoms with Crippen LogP contribution in [0.5, 0.6) is 0 Å². The summed E-state index contributed by atoms with van der Waals surface area (Å²) in [6, 6.07) is 17.8. The van der Waals surface area contributed by atoms with E-state index in [1.807, 2.05) is 35.2 Å². The van der Waals surface area contributed by atoms with Gasteiger partial charge in [0.15, 0.2) is 0 Å². The Morgan fingerprint density at radius 3 is 2.56 bits per heavy atom. The molecule has 1 aliphatic carbocycles. The molecular weight excluding hydrogens is 611 g/mol. The number of benzene rings is 2. The molecule has 1 spiro atoms. The van der Waals surface area contributed by atoms with Gasteiger partial charge in [0.05, 0.1) is 28.6 Å². The Morgan fingerprint density at radius 2 is 1.84 bits per heavy atom. The molecular formula is C33H35N4O6PS. The monoisotopic (exact) mass is 646 g/mol. The van der Waals surface area contributed by atoms with Crippen LogP contribution < -0.4 is 5.32 Å². The van der Waals surface area contributed by atoms with Crippen molar-refractivity contribution < 1.29 is 28.7 Å². The fourth-order valence-corrected chi connectivity index (χ4v) is 9.56. The lowest BCUT2D eigenvalue weighted by molar-refractivity contribution is -0.147. The average Bonchev–Trinajstić information content (AvgIpc) is 3.39. The molecule has 3 aliphatic heterocycles. The van der Waals surface area contributed by atoms with E-state index in [9.17, 15) is 34.0 Å². The summed E-state index contributed by atoms with van der Waals surface area (Å²) in [6.07, 6.45) is 4.51. The maximum atomic E-state index is 14.3. The van der Waals surface area contributed by atoms with Crippen molar-refractivity contribution in [1.29, 1.82) is 5.26 Å². The number of carbonyl (C=O) groups is 3. The van der Waals surface area contributed by atoms with E-state index < -0.39 is 25.2 Å². The van der Waals surface area contributed by atoms with Gasteiger partial charge in [-0.05, 0) is 79.7 Å². The number of likely N-dealkylation sites (tertiary alicyclic amines) is 1. The van der Waals surface area contributed by atoms with E-state index in [0.717, 1.165) is 42.4 Å². The van der Waals surface area contributed by atoms with E-state index in [1.54, 1.807) is 29.2 Å². The summed E-state index contributed by atoms with van der Waals surface area (Å²) in [5.74, 6) is -1.05. The Kier molecular flexibility index (Phi) is 7.60. The van der Waals surface area contributed by atoms with Gasteiger partial charge in [-0.25, -0.2) is 0 Å². The van der Waals surface area contributed by atoms with Crippen molar-refractivity contribution in [3.8, 4) is 6.07 Å². The third-order valence-corrected chi connectivity index (χ3v) is 12.1. The van der Waals surface area contributed by atoms with Crippen LogP contribution in [0.25, 0.3) is 10.1 Å². The van der Waals surface area contributed by atoms with Crippen LogP contribution in [0, 0.1) is 17.2 Å². The molecule has 0 unspecified atom stereocenters. The van der Waals surface area contributed by atoms with Crippen LogP contribution in [-0.4, -0.2) is 67.5 Å². The molecule has 5 atom stereocenters. The Balaban J connectivity index is 1.09. The van der Waals surface area contributed by atoms with Crippen molar-refractivity contribution in [2.45, 2.75) is 80.7 Å². The quantitative estimate of drug-likeness (QED) is 0.333. The third kappa shape index (κ3) is 5.48. The highest BCUT2D eigenvalue weighted by atomic mass is 32.1. The minimum atomic E-state index is -4.23. The standard InChI is InChI=1S/C33H35N4O6PS/c34-17-25-24(21-5-2-1-3-6-21)18-36(33(25)13-14-33)32(40)27-11-10-23-7-4-8-26(31(39)37(23)27)35-30(38)29-16-22-15-20(19-44(41,42)43)9-12-28(22)45-29/h1-3,5-6,9,12,15-16,23-27H,4,7-8,10-11,13-14,18-19H2,(H,35,38)(H2,41,42,43)/t23-,24-,25-,26-,27-/m0/s1. The number of thiophene rings is 1. The number of carbonyl (C=O) groups excluding carboxylic acids is 3. The Morgan fingerprint density at radius 1 is 1.07 bits per heavy atom. The summed E-state index contributed by atoms with van der Waals surface area (Å²) in [4.78, 5) is 64.5. The summed E-state index contributed by atoms with van der Waals surface area (Å²) >= 11 is 1.26. The lowest BCUT2D eigenvalue weighted by Gasteiger charge is -2.35. The van der Waals surface area contributed by atoms with Crippen molar-refractivity contribution in [1.82, 2.24) is 15.1 Å². The molecule has 3 aromatic rings.